The molecule has 4 aromatic rings. The number of aryl methyl sites for hydroxylation is 1. The Kier molecular flexibility index (Phi) is 7.82. The second-order valence-electron chi connectivity index (χ2n) is 8.75. The molecule has 1 heterocycles. The van der Waals surface area contributed by atoms with Crippen molar-refractivity contribution >= 4 is 26.6 Å². The summed E-state index contributed by atoms with van der Waals surface area (Å²) >= 11 is 0. The molecule has 200 valence electrons. The third-order valence-corrected chi connectivity index (χ3v) is 7.97. The molecular formula is C28H27F3N2O4S. The van der Waals surface area contributed by atoms with E-state index in [0.29, 0.717) is 18.5 Å². The summed E-state index contributed by atoms with van der Waals surface area (Å²) in [5, 5.41) is 3.74. The van der Waals surface area contributed by atoms with E-state index in [1.54, 1.807) is 43.3 Å². The number of sulfone groups is 1. The minimum atomic E-state index is -4.73. The van der Waals surface area contributed by atoms with Crippen molar-refractivity contribution in [2.24, 2.45) is 0 Å². The molecule has 38 heavy (non-hydrogen) atoms. The standard InChI is InChI=1S/C28H27F3N2O4S/c1-3-33-23(15-19-5-10-24(11-6-19)37-28(29,30)31)17-22-16-21(9-14-26(22)33)27(34)32-18-20-7-12-25(13-8-20)38(35,36)4-2/h5-14,16-17H,3-4,15,18H2,1-2H3,(H,32,34). The number of amides is 1. The lowest BCUT2D eigenvalue weighted by Crippen LogP contribution is -2.22. The Bertz CT molecular complexity index is 1540. The number of nitrogens with zero attached hydrogens (tertiary/aromatic N) is 1. The van der Waals surface area contributed by atoms with Gasteiger partial charge < -0.3 is 14.6 Å². The van der Waals surface area contributed by atoms with E-state index in [2.05, 4.69) is 14.6 Å². The zero-order valence-corrected chi connectivity index (χ0v) is 21.7. The first-order chi connectivity index (χ1) is 18.0. The van der Waals surface area contributed by atoms with Gasteiger partial charge in [-0.3, -0.25) is 4.79 Å². The molecule has 6 nitrogen and oxygen atoms in total. The van der Waals surface area contributed by atoms with Gasteiger partial charge in [-0.2, -0.15) is 0 Å². The van der Waals surface area contributed by atoms with Gasteiger partial charge in [-0.15, -0.1) is 13.2 Å². The topological polar surface area (TPSA) is 77.4 Å². The average Bonchev–Trinajstić information content (AvgIpc) is 3.23. The second-order valence-corrected chi connectivity index (χ2v) is 11.0. The van der Waals surface area contributed by atoms with Gasteiger partial charge in [0.05, 0.1) is 10.6 Å². The SMILES string of the molecule is CCn1c(Cc2ccc(OC(F)(F)F)cc2)cc2cc(C(=O)NCc3ccc(S(=O)(=O)CC)cc3)ccc21. The minimum Gasteiger partial charge on any atom is -0.406 e. The summed E-state index contributed by atoms with van der Waals surface area (Å²) in [6.07, 6.45) is -4.23. The van der Waals surface area contributed by atoms with E-state index in [0.717, 1.165) is 27.7 Å². The van der Waals surface area contributed by atoms with E-state index in [1.807, 2.05) is 19.1 Å². The fourth-order valence-corrected chi connectivity index (χ4v) is 5.16. The Morgan fingerprint density at radius 3 is 2.18 bits per heavy atom. The van der Waals surface area contributed by atoms with Gasteiger partial charge in [-0.1, -0.05) is 31.2 Å². The Balaban J connectivity index is 1.47. The molecule has 0 saturated heterocycles. The lowest BCUT2D eigenvalue weighted by Gasteiger charge is -2.11. The summed E-state index contributed by atoms with van der Waals surface area (Å²) in [6, 6.07) is 19.6. The van der Waals surface area contributed by atoms with Crippen LogP contribution in [-0.2, 0) is 29.3 Å². The van der Waals surface area contributed by atoms with Crippen LogP contribution in [0.4, 0.5) is 13.2 Å². The van der Waals surface area contributed by atoms with Crippen LogP contribution < -0.4 is 10.1 Å². The Hall–Kier alpha value is -3.79. The van der Waals surface area contributed by atoms with Crippen molar-refractivity contribution in [2.75, 3.05) is 5.75 Å². The molecule has 1 aromatic heterocycles. The van der Waals surface area contributed by atoms with Crippen molar-refractivity contribution in [1.29, 1.82) is 0 Å². The number of nitrogens with one attached hydrogen (secondary N) is 1. The summed E-state index contributed by atoms with van der Waals surface area (Å²) < 4.78 is 67.2. The predicted molar refractivity (Wildman–Crippen MR) is 139 cm³/mol. The summed E-state index contributed by atoms with van der Waals surface area (Å²) in [7, 11) is -3.28. The number of carbonyl (C=O) groups is 1. The van der Waals surface area contributed by atoms with Crippen LogP contribution in [0.1, 0.15) is 41.0 Å². The van der Waals surface area contributed by atoms with Crippen LogP contribution in [-0.4, -0.2) is 31.0 Å². The smallest absolute Gasteiger partial charge is 0.406 e. The molecule has 0 aliphatic rings. The molecule has 0 atom stereocenters. The maximum Gasteiger partial charge on any atom is 0.573 e. The number of benzene rings is 3. The van der Waals surface area contributed by atoms with Crippen LogP contribution in [0.25, 0.3) is 10.9 Å². The number of hydrogen-bond acceptors (Lipinski definition) is 4. The maximum atomic E-state index is 12.8. The first kappa shape index (κ1) is 27.3. The molecule has 0 unspecified atom stereocenters. The summed E-state index contributed by atoms with van der Waals surface area (Å²) in [5.41, 5.74) is 4.00. The number of fused-ring (bicyclic) bond motifs is 1. The highest BCUT2D eigenvalue weighted by Gasteiger charge is 2.31. The first-order valence-corrected chi connectivity index (χ1v) is 13.7. The molecule has 0 fully saturated rings. The van der Waals surface area contributed by atoms with Gasteiger partial charge in [0.1, 0.15) is 5.75 Å². The van der Waals surface area contributed by atoms with Crippen molar-refractivity contribution in [1.82, 2.24) is 9.88 Å². The highest BCUT2D eigenvalue weighted by Crippen LogP contribution is 2.26. The van der Waals surface area contributed by atoms with Crippen LogP contribution >= 0.6 is 0 Å². The molecule has 1 N–H and O–H groups in total. The molecule has 0 spiro atoms. The highest BCUT2D eigenvalue weighted by molar-refractivity contribution is 7.91. The molecule has 0 saturated carbocycles. The third kappa shape index (κ3) is 6.36. The molecule has 0 aliphatic carbocycles. The highest BCUT2D eigenvalue weighted by atomic mass is 32.2. The van der Waals surface area contributed by atoms with Gasteiger partial charge >= 0.3 is 6.36 Å². The Labute approximate surface area is 219 Å². The molecule has 1 amide bonds. The number of halogens is 3. The van der Waals surface area contributed by atoms with Crippen molar-refractivity contribution in [3.63, 3.8) is 0 Å². The van der Waals surface area contributed by atoms with E-state index in [-0.39, 0.29) is 28.8 Å². The van der Waals surface area contributed by atoms with Crippen LogP contribution in [0.5, 0.6) is 5.75 Å². The van der Waals surface area contributed by atoms with Gasteiger partial charge in [0.15, 0.2) is 9.84 Å². The van der Waals surface area contributed by atoms with Gasteiger partial charge in [0.2, 0.25) is 0 Å². The minimum absolute atomic E-state index is 0.0240. The molecule has 10 heteroatoms. The predicted octanol–water partition coefficient (Wildman–Crippen LogP) is 5.87. The van der Waals surface area contributed by atoms with Gasteiger partial charge in [-0.05, 0) is 66.6 Å². The number of carbonyl (C=O) groups excluding carboxylic acids is 1. The van der Waals surface area contributed by atoms with E-state index >= 15 is 0 Å². The van der Waals surface area contributed by atoms with E-state index in [1.165, 1.54) is 24.3 Å². The quantitative estimate of drug-likeness (QED) is 0.286. The molecule has 3 aromatic carbocycles. The fraction of sp³-hybridized carbons (Fsp3) is 0.250. The van der Waals surface area contributed by atoms with Crippen LogP contribution in [0.15, 0.2) is 77.7 Å². The van der Waals surface area contributed by atoms with Crippen LogP contribution in [0.2, 0.25) is 0 Å². The molecule has 4 rings (SSSR count). The Morgan fingerprint density at radius 1 is 0.921 bits per heavy atom. The van der Waals surface area contributed by atoms with Crippen LogP contribution in [0.3, 0.4) is 0 Å². The van der Waals surface area contributed by atoms with E-state index in [9.17, 15) is 26.4 Å². The monoisotopic (exact) mass is 544 g/mol. The zero-order chi connectivity index (χ0) is 27.5. The summed E-state index contributed by atoms with van der Waals surface area (Å²) in [5.74, 6) is -0.506. The number of rotatable bonds is 9. The third-order valence-electron chi connectivity index (χ3n) is 6.22. The largest absolute Gasteiger partial charge is 0.573 e. The van der Waals surface area contributed by atoms with Crippen molar-refractivity contribution in [2.45, 2.75) is 44.6 Å². The molecule has 0 radical (unpaired) electrons. The molecule has 0 aliphatic heterocycles. The van der Waals surface area contributed by atoms with Crippen molar-refractivity contribution in [3.8, 4) is 5.75 Å². The maximum absolute atomic E-state index is 12.8. The van der Waals surface area contributed by atoms with Crippen LogP contribution in [0, 0.1) is 0 Å². The number of ether oxygens (including phenoxy) is 1. The second kappa shape index (κ2) is 10.9. The normalized spacial score (nSPS) is 12.0. The van der Waals surface area contributed by atoms with E-state index < -0.39 is 16.2 Å². The number of hydrogen-bond donors (Lipinski definition) is 1. The fourth-order valence-electron chi connectivity index (χ4n) is 4.27. The number of alkyl halides is 3. The lowest BCUT2D eigenvalue weighted by molar-refractivity contribution is -0.274. The first-order valence-electron chi connectivity index (χ1n) is 12.1. The Morgan fingerprint density at radius 2 is 1.58 bits per heavy atom. The number of aromatic nitrogens is 1. The zero-order valence-electron chi connectivity index (χ0n) is 20.9. The molecular weight excluding hydrogens is 517 g/mol. The van der Waals surface area contributed by atoms with Crippen molar-refractivity contribution in [3.05, 3.63) is 95.2 Å². The van der Waals surface area contributed by atoms with E-state index in [4.69, 9.17) is 0 Å². The molecule has 0 bridgehead atoms. The van der Waals surface area contributed by atoms with Gasteiger partial charge in [0.25, 0.3) is 5.91 Å². The van der Waals surface area contributed by atoms with Gasteiger partial charge in [0, 0.05) is 41.7 Å². The average molecular weight is 545 g/mol. The van der Waals surface area contributed by atoms with Gasteiger partial charge in [-0.25, -0.2) is 8.42 Å². The lowest BCUT2D eigenvalue weighted by atomic mass is 10.1. The summed E-state index contributed by atoms with van der Waals surface area (Å²) in [4.78, 5) is 13.1. The summed E-state index contributed by atoms with van der Waals surface area (Å²) in [6.45, 7) is 4.52. The van der Waals surface area contributed by atoms with Crippen molar-refractivity contribution < 1.29 is 31.1 Å².